The molecule has 2 heterocycles. The Kier molecular flexibility index (Phi) is 13.1. The van der Waals surface area contributed by atoms with Crippen molar-refractivity contribution >= 4 is 11.9 Å². The van der Waals surface area contributed by atoms with Gasteiger partial charge in [-0.2, -0.15) is 0 Å². The second-order valence-corrected chi connectivity index (χ2v) is 15.0. The summed E-state index contributed by atoms with van der Waals surface area (Å²) in [6.07, 6.45) is 7.08. The van der Waals surface area contributed by atoms with Crippen molar-refractivity contribution in [1.82, 2.24) is 9.80 Å². The number of carboxylic acids is 2. The average Bonchev–Trinajstić information content (AvgIpc) is 3.18. The number of hydrogen-bond acceptors (Lipinski definition) is 6. The van der Waals surface area contributed by atoms with Gasteiger partial charge in [0.2, 0.25) is 0 Å². The van der Waals surface area contributed by atoms with Gasteiger partial charge < -0.3 is 19.7 Å². The molecule has 0 amide bonds. The summed E-state index contributed by atoms with van der Waals surface area (Å²) in [7, 11) is 0. The highest BCUT2D eigenvalue weighted by atomic mass is 16.5. The lowest BCUT2D eigenvalue weighted by Crippen LogP contribution is -2.44. The molecule has 2 saturated heterocycles. The SMILES string of the molecule is CCc1cc(CN2CCCC[C@H]2C(=O)O)ccc1OCc1cccc(-c2cccc(COc3ccc(CN4CCCC[C@H]4C(=O)O)cc3CC)c2C)c1C. The number of likely N-dealkylation sites (tertiary alicyclic amines) is 2. The Labute approximate surface area is 320 Å². The maximum absolute atomic E-state index is 11.8. The molecule has 0 aromatic heterocycles. The summed E-state index contributed by atoms with van der Waals surface area (Å²) in [5, 5.41) is 19.4. The minimum Gasteiger partial charge on any atom is -0.489 e. The van der Waals surface area contributed by atoms with Gasteiger partial charge in [0.15, 0.2) is 0 Å². The first-order valence-corrected chi connectivity index (χ1v) is 19.8. The summed E-state index contributed by atoms with van der Waals surface area (Å²) in [5.41, 5.74) is 11.5. The zero-order valence-corrected chi connectivity index (χ0v) is 32.4. The summed E-state index contributed by atoms with van der Waals surface area (Å²) < 4.78 is 12.9. The van der Waals surface area contributed by atoms with E-state index in [4.69, 9.17) is 9.47 Å². The van der Waals surface area contributed by atoms with E-state index in [1.165, 1.54) is 22.3 Å². The molecule has 2 fully saturated rings. The molecule has 2 aliphatic rings. The number of aryl methyl sites for hydroxylation is 2. The predicted octanol–water partition coefficient (Wildman–Crippen LogP) is 9.13. The van der Waals surface area contributed by atoms with Crippen LogP contribution in [0.25, 0.3) is 11.1 Å². The van der Waals surface area contributed by atoms with Gasteiger partial charge in [-0.3, -0.25) is 19.4 Å². The van der Waals surface area contributed by atoms with Crippen LogP contribution in [0, 0.1) is 13.8 Å². The van der Waals surface area contributed by atoms with Crippen LogP contribution in [-0.4, -0.2) is 57.1 Å². The number of nitrogens with zero attached hydrogens (tertiary/aromatic N) is 2. The fourth-order valence-electron chi connectivity index (χ4n) is 8.26. The van der Waals surface area contributed by atoms with E-state index in [2.05, 4.69) is 98.2 Å². The van der Waals surface area contributed by atoms with Gasteiger partial charge >= 0.3 is 11.9 Å². The molecular weight excluding hydrogens is 677 g/mol. The van der Waals surface area contributed by atoms with E-state index in [1.807, 2.05) is 12.1 Å². The van der Waals surface area contributed by atoms with Crippen LogP contribution in [0.3, 0.4) is 0 Å². The molecule has 0 unspecified atom stereocenters. The number of rotatable bonds is 15. The van der Waals surface area contributed by atoms with Gasteiger partial charge in [0, 0.05) is 13.1 Å². The molecule has 2 aliphatic heterocycles. The first kappa shape index (κ1) is 39.0. The third-order valence-electron chi connectivity index (χ3n) is 11.5. The van der Waals surface area contributed by atoms with E-state index < -0.39 is 24.0 Å². The van der Waals surface area contributed by atoms with Crippen LogP contribution in [-0.2, 0) is 48.7 Å². The van der Waals surface area contributed by atoms with Gasteiger partial charge in [0.25, 0.3) is 0 Å². The average molecular weight is 733 g/mol. The molecule has 4 aromatic rings. The van der Waals surface area contributed by atoms with Gasteiger partial charge in [0.05, 0.1) is 0 Å². The van der Waals surface area contributed by atoms with Crippen molar-refractivity contribution in [2.45, 2.75) is 117 Å². The fraction of sp³-hybridized carbons (Fsp3) is 0.435. The van der Waals surface area contributed by atoms with Crippen molar-refractivity contribution in [2.75, 3.05) is 13.1 Å². The van der Waals surface area contributed by atoms with Crippen LogP contribution in [0.5, 0.6) is 11.5 Å². The molecule has 0 radical (unpaired) electrons. The summed E-state index contributed by atoms with van der Waals surface area (Å²) in [6.45, 7) is 12.4. The smallest absolute Gasteiger partial charge is 0.320 e. The van der Waals surface area contributed by atoms with Gasteiger partial charge in [-0.15, -0.1) is 0 Å². The molecule has 8 heteroatoms. The molecule has 4 aromatic carbocycles. The lowest BCUT2D eigenvalue weighted by molar-refractivity contribution is -0.145. The van der Waals surface area contributed by atoms with Crippen molar-refractivity contribution in [3.63, 3.8) is 0 Å². The minimum atomic E-state index is -0.728. The molecule has 286 valence electrons. The monoisotopic (exact) mass is 732 g/mol. The van der Waals surface area contributed by atoms with E-state index in [0.717, 1.165) is 96.5 Å². The van der Waals surface area contributed by atoms with Crippen LogP contribution >= 0.6 is 0 Å². The highest BCUT2D eigenvalue weighted by Crippen LogP contribution is 2.33. The van der Waals surface area contributed by atoms with Crippen molar-refractivity contribution in [3.8, 4) is 22.6 Å². The summed E-state index contributed by atoms with van der Waals surface area (Å²) in [4.78, 5) is 27.9. The van der Waals surface area contributed by atoms with E-state index in [9.17, 15) is 19.8 Å². The zero-order valence-electron chi connectivity index (χ0n) is 32.4. The highest BCUT2D eigenvalue weighted by Gasteiger charge is 2.29. The fourth-order valence-corrected chi connectivity index (χ4v) is 8.26. The van der Waals surface area contributed by atoms with Crippen molar-refractivity contribution in [3.05, 3.63) is 117 Å². The Morgan fingerprint density at radius 2 is 1.04 bits per heavy atom. The van der Waals surface area contributed by atoms with Gasteiger partial charge in [-0.1, -0.05) is 87.4 Å². The lowest BCUT2D eigenvalue weighted by atomic mass is 9.92. The largest absolute Gasteiger partial charge is 0.489 e. The third-order valence-corrected chi connectivity index (χ3v) is 11.5. The molecule has 0 spiro atoms. The normalized spacial score (nSPS) is 18.0. The van der Waals surface area contributed by atoms with Crippen LogP contribution in [0.15, 0.2) is 72.8 Å². The van der Waals surface area contributed by atoms with Gasteiger partial charge in [-0.05, 0) is 133 Å². The number of aliphatic carboxylic acids is 2. The molecule has 2 atom stereocenters. The van der Waals surface area contributed by atoms with E-state index in [-0.39, 0.29) is 0 Å². The molecule has 2 N–H and O–H groups in total. The minimum absolute atomic E-state index is 0.412. The number of benzene rings is 4. The molecule has 6 rings (SSSR count). The molecule has 0 bridgehead atoms. The Bertz CT molecular complexity index is 1800. The summed E-state index contributed by atoms with van der Waals surface area (Å²) >= 11 is 0. The Morgan fingerprint density at radius 1 is 0.611 bits per heavy atom. The maximum atomic E-state index is 11.8. The number of carboxylic acid groups (broad SMARTS) is 2. The van der Waals surface area contributed by atoms with Crippen LogP contribution in [0.4, 0.5) is 0 Å². The highest BCUT2D eigenvalue weighted by molar-refractivity contribution is 5.74. The van der Waals surface area contributed by atoms with Crippen LogP contribution in [0.1, 0.15) is 96.9 Å². The first-order valence-electron chi connectivity index (χ1n) is 19.8. The van der Waals surface area contributed by atoms with Crippen molar-refractivity contribution < 1.29 is 29.3 Å². The maximum Gasteiger partial charge on any atom is 0.320 e. The second kappa shape index (κ2) is 18.1. The predicted molar refractivity (Wildman–Crippen MR) is 213 cm³/mol. The first-order chi connectivity index (χ1) is 26.2. The van der Waals surface area contributed by atoms with Crippen molar-refractivity contribution in [2.24, 2.45) is 0 Å². The zero-order chi connectivity index (χ0) is 38.2. The Hall–Kier alpha value is -4.66. The molecule has 54 heavy (non-hydrogen) atoms. The Morgan fingerprint density at radius 3 is 1.43 bits per heavy atom. The van der Waals surface area contributed by atoms with E-state index >= 15 is 0 Å². The van der Waals surface area contributed by atoms with Crippen LogP contribution < -0.4 is 9.47 Å². The third kappa shape index (κ3) is 9.16. The topological polar surface area (TPSA) is 99.5 Å². The number of hydrogen-bond donors (Lipinski definition) is 2. The van der Waals surface area contributed by atoms with E-state index in [1.54, 1.807) is 0 Å². The quantitative estimate of drug-likeness (QED) is 0.125. The van der Waals surface area contributed by atoms with Crippen molar-refractivity contribution in [1.29, 1.82) is 0 Å². The lowest BCUT2D eigenvalue weighted by Gasteiger charge is -2.33. The van der Waals surface area contributed by atoms with Gasteiger partial charge in [-0.25, -0.2) is 0 Å². The van der Waals surface area contributed by atoms with Gasteiger partial charge in [0.1, 0.15) is 36.8 Å². The summed E-state index contributed by atoms with van der Waals surface area (Å²) in [6, 6.07) is 24.6. The number of ether oxygens (including phenoxy) is 2. The molecule has 0 aliphatic carbocycles. The number of piperidine rings is 2. The molecular formula is C46H56N2O6. The Balaban J connectivity index is 1.12. The molecule has 8 nitrogen and oxygen atoms in total. The summed E-state index contributed by atoms with van der Waals surface area (Å²) in [5.74, 6) is 0.276. The number of carbonyl (C=O) groups is 2. The molecule has 0 saturated carbocycles. The second-order valence-electron chi connectivity index (χ2n) is 15.0. The standard InChI is InChI=1S/C46H56N2O6/c1-5-35-25-33(27-47-23-9-7-17-41(47)45(49)50)19-21-43(35)53-29-37-13-11-15-39(31(37)3)40-16-12-14-38(32(40)4)30-54-44-22-20-34(26-36(44)6-2)28-48-24-10-8-18-42(48)46(51)52/h11-16,19-22,25-26,41-42H,5-10,17-18,23-24,27-30H2,1-4H3,(H,49,50)(H,51,52)/t41-,42-/m0/s1. The van der Waals surface area contributed by atoms with Crippen LogP contribution in [0.2, 0.25) is 0 Å². The van der Waals surface area contributed by atoms with E-state index in [0.29, 0.717) is 39.1 Å².